The summed E-state index contributed by atoms with van der Waals surface area (Å²) in [6.45, 7) is -0.640. The van der Waals surface area contributed by atoms with Crippen molar-refractivity contribution in [3.05, 3.63) is 59.8 Å². The van der Waals surface area contributed by atoms with Crippen molar-refractivity contribution in [1.82, 2.24) is 14.6 Å². The first kappa shape index (κ1) is 20.7. The van der Waals surface area contributed by atoms with E-state index in [1.54, 1.807) is 12.1 Å². The molecule has 4 rings (SSSR count). The molecule has 4 N–H and O–H groups in total. The lowest BCUT2D eigenvalue weighted by atomic mass is 9.92. The number of aliphatic hydroxyl groups excluding tert-OH is 2. The van der Waals surface area contributed by atoms with Gasteiger partial charge in [0, 0.05) is 0 Å². The highest BCUT2D eigenvalue weighted by molar-refractivity contribution is 5.73. The van der Waals surface area contributed by atoms with Crippen molar-refractivity contribution in [1.29, 1.82) is 5.26 Å². The molecule has 2 aromatic heterocycles. The smallest absolute Gasteiger partial charge is 0.310 e. The zero-order valence-electron chi connectivity index (χ0n) is 16.1. The van der Waals surface area contributed by atoms with Crippen LogP contribution in [0.3, 0.4) is 0 Å². The molecule has 4 atom stereocenters. The van der Waals surface area contributed by atoms with Crippen LogP contribution < -0.4 is 5.73 Å². The SMILES string of the molecule is N#C[C@@]1(c2ccc3c(N)ncnn23)O[C@H](CO)[C@@H](OC(=O)Cc2ccccc2F)[C@H]1O. The molecule has 160 valence electrons. The number of rotatable bonds is 5. The van der Waals surface area contributed by atoms with Crippen molar-refractivity contribution in [2.75, 3.05) is 12.3 Å². The van der Waals surface area contributed by atoms with E-state index in [9.17, 15) is 24.7 Å². The third kappa shape index (κ3) is 3.36. The molecule has 0 amide bonds. The van der Waals surface area contributed by atoms with Crippen LogP contribution in [0.5, 0.6) is 0 Å². The van der Waals surface area contributed by atoms with Crippen LogP contribution in [-0.2, 0) is 26.3 Å². The Kier molecular flexibility index (Phi) is 5.28. The van der Waals surface area contributed by atoms with Crippen LogP contribution in [0.4, 0.5) is 10.2 Å². The van der Waals surface area contributed by atoms with E-state index in [4.69, 9.17) is 15.2 Å². The molecule has 0 unspecified atom stereocenters. The van der Waals surface area contributed by atoms with Gasteiger partial charge in [-0.05, 0) is 23.8 Å². The summed E-state index contributed by atoms with van der Waals surface area (Å²) in [5.41, 5.74) is 4.42. The van der Waals surface area contributed by atoms with E-state index < -0.39 is 48.7 Å². The van der Waals surface area contributed by atoms with E-state index in [-0.39, 0.29) is 17.1 Å². The maximum absolute atomic E-state index is 13.8. The molecule has 11 heteroatoms. The number of carbonyl (C=O) groups excluding carboxylic acids is 1. The van der Waals surface area contributed by atoms with Gasteiger partial charge in [0.2, 0.25) is 5.60 Å². The number of nitrogen functional groups attached to an aromatic ring is 1. The van der Waals surface area contributed by atoms with Crippen molar-refractivity contribution < 1.29 is 28.9 Å². The third-order valence-electron chi connectivity index (χ3n) is 5.20. The fraction of sp³-hybridized carbons (Fsp3) is 0.300. The average molecular weight is 427 g/mol. The molecule has 1 aliphatic rings. The Bertz CT molecular complexity index is 1180. The van der Waals surface area contributed by atoms with E-state index in [0.717, 1.165) is 0 Å². The summed E-state index contributed by atoms with van der Waals surface area (Å²) in [4.78, 5) is 16.3. The summed E-state index contributed by atoms with van der Waals surface area (Å²) in [6, 6.07) is 10.6. The molecule has 0 radical (unpaired) electrons. The standard InChI is InChI=1S/C20H18FN5O5/c21-12-4-2-1-3-11(12)7-16(28)30-17-14(8-27)31-20(9-22,18(17)29)15-6-5-13-19(23)24-10-25-26(13)15/h1-6,10,14,17-18,27,29H,7-8H2,(H2,23,24,25)/t14-,17-,18-,20+/m1/s1. The second-order valence-electron chi connectivity index (χ2n) is 7.01. The monoisotopic (exact) mass is 427 g/mol. The minimum absolute atomic E-state index is 0.109. The molecule has 3 heterocycles. The van der Waals surface area contributed by atoms with Crippen LogP contribution in [-0.4, -0.2) is 55.7 Å². The second kappa shape index (κ2) is 7.92. The molecule has 0 spiro atoms. The number of halogens is 1. The van der Waals surface area contributed by atoms with Gasteiger partial charge in [-0.2, -0.15) is 10.4 Å². The van der Waals surface area contributed by atoms with E-state index in [2.05, 4.69) is 10.1 Å². The Hall–Kier alpha value is -3.59. The number of aromatic nitrogens is 3. The van der Waals surface area contributed by atoms with Gasteiger partial charge >= 0.3 is 5.97 Å². The zero-order valence-corrected chi connectivity index (χ0v) is 16.1. The molecule has 31 heavy (non-hydrogen) atoms. The number of fused-ring (bicyclic) bond motifs is 1. The van der Waals surface area contributed by atoms with E-state index in [0.29, 0.717) is 5.52 Å². The highest BCUT2D eigenvalue weighted by Gasteiger charge is 2.59. The number of hydrogen-bond acceptors (Lipinski definition) is 9. The maximum atomic E-state index is 13.8. The number of anilines is 1. The fourth-order valence-corrected chi connectivity index (χ4v) is 3.68. The van der Waals surface area contributed by atoms with Crippen LogP contribution in [0.15, 0.2) is 42.7 Å². The summed E-state index contributed by atoms with van der Waals surface area (Å²) < 4.78 is 26.1. The molecular formula is C20H18FN5O5. The number of benzene rings is 1. The van der Waals surface area contributed by atoms with Gasteiger partial charge in [-0.1, -0.05) is 18.2 Å². The van der Waals surface area contributed by atoms with E-state index >= 15 is 0 Å². The lowest BCUT2D eigenvalue weighted by Crippen LogP contribution is -2.43. The number of nitrogens with zero attached hydrogens (tertiary/aromatic N) is 4. The predicted molar refractivity (Wildman–Crippen MR) is 103 cm³/mol. The van der Waals surface area contributed by atoms with Crippen molar-refractivity contribution >= 4 is 17.3 Å². The first-order valence-corrected chi connectivity index (χ1v) is 9.31. The molecule has 10 nitrogen and oxygen atoms in total. The summed E-state index contributed by atoms with van der Waals surface area (Å²) in [5, 5.41) is 34.7. The molecular weight excluding hydrogens is 409 g/mol. The lowest BCUT2D eigenvalue weighted by Gasteiger charge is -2.24. The zero-order chi connectivity index (χ0) is 22.2. The van der Waals surface area contributed by atoms with Gasteiger partial charge in [0.05, 0.1) is 18.7 Å². The van der Waals surface area contributed by atoms with Gasteiger partial charge in [0.1, 0.15) is 35.9 Å². The number of nitrogens with two attached hydrogens (primary N) is 1. The molecule has 1 aromatic carbocycles. The van der Waals surface area contributed by atoms with Gasteiger partial charge in [0.15, 0.2) is 11.9 Å². The lowest BCUT2D eigenvalue weighted by molar-refractivity contribution is -0.155. The highest BCUT2D eigenvalue weighted by atomic mass is 19.1. The molecule has 3 aromatic rings. The van der Waals surface area contributed by atoms with Crippen LogP contribution >= 0.6 is 0 Å². The maximum Gasteiger partial charge on any atom is 0.310 e. The third-order valence-corrected chi connectivity index (χ3v) is 5.20. The van der Waals surface area contributed by atoms with Crippen LogP contribution in [0.25, 0.3) is 5.52 Å². The highest BCUT2D eigenvalue weighted by Crippen LogP contribution is 2.41. The number of hydrogen-bond donors (Lipinski definition) is 3. The minimum Gasteiger partial charge on any atom is -0.456 e. The van der Waals surface area contributed by atoms with Crippen molar-refractivity contribution in [3.8, 4) is 6.07 Å². The topological polar surface area (TPSA) is 156 Å². The van der Waals surface area contributed by atoms with Gasteiger partial charge in [0.25, 0.3) is 0 Å². The number of carbonyl (C=O) groups is 1. The van der Waals surface area contributed by atoms with Crippen LogP contribution in [0, 0.1) is 17.1 Å². The van der Waals surface area contributed by atoms with Gasteiger partial charge in [-0.15, -0.1) is 0 Å². The quantitative estimate of drug-likeness (QED) is 0.480. The van der Waals surface area contributed by atoms with Crippen molar-refractivity contribution in [3.63, 3.8) is 0 Å². The number of nitriles is 1. The molecule has 0 bridgehead atoms. The van der Waals surface area contributed by atoms with E-state index in [1.165, 1.54) is 35.1 Å². The second-order valence-corrected chi connectivity index (χ2v) is 7.01. The Morgan fingerprint density at radius 3 is 2.87 bits per heavy atom. The minimum atomic E-state index is -2.01. The number of aliphatic hydroxyl groups is 2. The normalized spacial score (nSPS) is 25.4. The molecule has 0 aliphatic carbocycles. The Labute approximate surface area is 175 Å². The Balaban J connectivity index is 1.65. The first-order valence-electron chi connectivity index (χ1n) is 9.31. The summed E-state index contributed by atoms with van der Waals surface area (Å²) >= 11 is 0. The molecule has 1 aliphatic heterocycles. The molecule has 1 fully saturated rings. The average Bonchev–Trinajstić information content (AvgIpc) is 3.31. The van der Waals surface area contributed by atoms with E-state index in [1.807, 2.05) is 6.07 Å². The van der Waals surface area contributed by atoms with Crippen LogP contribution in [0.1, 0.15) is 11.3 Å². The largest absolute Gasteiger partial charge is 0.456 e. The number of ether oxygens (including phenoxy) is 2. The Morgan fingerprint density at radius 1 is 1.39 bits per heavy atom. The Morgan fingerprint density at radius 2 is 2.16 bits per heavy atom. The van der Waals surface area contributed by atoms with Gasteiger partial charge < -0.3 is 25.4 Å². The number of esters is 1. The summed E-state index contributed by atoms with van der Waals surface area (Å²) in [5.74, 6) is -1.28. The fourth-order valence-electron chi connectivity index (χ4n) is 3.68. The summed E-state index contributed by atoms with van der Waals surface area (Å²) in [6.07, 6.45) is -3.48. The predicted octanol–water partition coefficient (Wildman–Crippen LogP) is 0.0760. The van der Waals surface area contributed by atoms with Gasteiger partial charge in [-0.3, -0.25) is 4.79 Å². The molecule has 0 saturated carbocycles. The van der Waals surface area contributed by atoms with Crippen LogP contribution in [0.2, 0.25) is 0 Å². The van der Waals surface area contributed by atoms with Crippen molar-refractivity contribution in [2.24, 2.45) is 0 Å². The first-order chi connectivity index (χ1) is 14.9. The molecule has 1 saturated heterocycles. The van der Waals surface area contributed by atoms with Crippen molar-refractivity contribution in [2.45, 2.75) is 30.3 Å². The van der Waals surface area contributed by atoms with Gasteiger partial charge in [-0.25, -0.2) is 13.9 Å². The summed E-state index contributed by atoms with van der Waals surface area (Å²) in [7, 11) is 0.